The number of hydrogen-bond donors (Lipinski definition) is 1. The van der Waals surface area contributed by atoms with E-state index in [1.165, 1.54) is 0 Å². The van der Waals surface area contributed by atoms with E-state index in [9.17, 15) is 4.79 Å². The number of ether oxygens (including phenoxy) is 2. The molecule has 112 valence electrons. The summed E-state index contributed by atoms with van der Waals surface area (Å²) < 4.78 is 10.3. The Morgan fingerprint density at radius 1 is 1.33 bits per heavy atom. The number of carbonyl (C=O) groups is 1. The number of carboxylic acids is 1. The number of methoxy groups -OCH3 is 2. The van der Waals surface area contributed by atoms with Gasteiger partial charge in [-0.3, -0.25) is 4.79 Å². The predicted molar refractivity (Wildman–Crippen MR) is 80.0 cm³/mol. The quantitative estimate of drug-likeness (QED) is 0.838. The third-order valence-electron chi connectivity index (χ3n) is 3.14. The summed E-state index contributed by atoms with van der Waals surface area (Å²) in [7, 11) is 3.18. The number of anilines is 1. The highest BCUT2D eigenvalue weighted by Crippen LogP contribution is 2.28. The number of aliphatic carboxylic acids is 1. The van der Waals surface area contributed by atoms with E-state index in [1.54, 1.807) is 25.3 Å². The summed E-state index contributed by atoms with van der Waals surface area (Å²) in [5, 5.41) is 10.9. The van der Waals surface area contributed by atoms with Crippen molar-refractivity contribution < 1.29 is 19.4 Å². The van der Waals surface area contributed by atoms with Crippen LogP contribution < -0.4 is 9.64 Å². The van der Waals surface area contributed by atoms with Crippen molar-refractivity contribution in [3.63, 3.8) is 0 Å². The Morgan fingerprint density at radius 3 is 2.81 bits per heavy atom. The topological polar surface area (TPSA) is 71.9 Å². The van der Waals surface area contributed by atoms with E-state index in [-0.39, 0.29) is 6.54 Å². The number of fused-ring (bicyclic) bond motifs is 1. The van der Waals surface area contributed by atoms with E-state index in [1.807, 2.05) is 24.3 Å². The van der Waals surface area contributed by atoms with Crippen LogP contribution in [0.15, 0.2) is 30.5 Å². The van der Waals surface area contributed by atoms with Gasteiger partial charge in [0.15, 0.2) is 0 Å². The van der Waals surface area contributed by atoms with Crippen LogP contribution >= 0.6 is 0 Å². The molecule has 0 amide bonds. The highest BCUT2D eigenvalue weighted by atomic mass is 16.5. The van der Waals surface area contributed by atoms with Crippen LogP contribution in [0.4, 0.5) is 5.82 Å². The average Bonchev–Trinajstić information content (AvgIpc) is 2.50. The maximum Gasteiger partial charge on any atom is 0.323 e. The molecule has 0 aliphatic carbocycles. The monoisotopic (exact) mass is 290 g/mol. The molecule has 0 radical (unpaired) electrons. The maximum absolute atomic E-state index is 11.1. The second-order valence-electron chi connectivity index (χ2n) is 4.53. The molecule has 1 aromatic carbocycles. The summed E-state index contributed by atoms with van der Waals surface area (Å²) in [6.45, 7) is 0.744. The molecule has 0 aliphatic heterocycles. The number of rotatable bonds is 7. The fourth-order valence-electron chi connectivity index (χ4n) is 2.14. The van der Waals surface area contributed by atoms with Crippen LogP contribution in [0.2, 0.25) is 0 Å². The Hall–Kier alpha value is -2.34. The number of aromatic nitrogens is 1. The molecule has 0 unspecified atom stereocenters. The lowest BCUT2D eigenvalue weighted by molar-refractivity contribution is -0.135. The molecule has 0 aliphatic rings. The van der Waals surface area contributed by atoms with Crippen LogP contribution in [0.1, 0.15) is 0 Å². The van der Waals surface area contributed by atoms with Gasteiger partial charge in [-0.25, -0.2) is 4.98 Å². The van der Waals surface area contributed by atoms with Crippen molar-refractivity contribution in [3.05, 3.63) is 30.5 Å². The van der Waals surface area contributed by atoms with Gasteiger partial charge in [-0.05, 0) is 23.6 Å². The Morgan fingerprint density at radius 2 is 2.14 bits per heavy atom. The van der Waals surface area contributed by atoms with E-state index in [4.69, 9.17) is 14.6 Å². The zero-order valence-electron chi connectivity index (χ0n) is 12.1. The van der Waals surface area contributed by atoms with Crippen LogP contribution in [0, 0.1) is 0 Å². The average molecular weight is 290 g/mol. The lowest BCUT2D eigenvalue weighted by atomic mass is 10.1. The van der Waals surface area contributed by atoms with Crippen molar-refractivity contribution >= 4 is 22.6 Å². The molecule has 1 aromatic heterocycles. The summed E-state index contributed by atoms with van der Waals surface area (Å²) >= 11 is 0. The molecule has 21 heavy (non-hydrogen) atoms. The maximum atomic E-state index is 11.1. The number of benzene rings is 1. The minimum Gasteiger partial charge on any atom is -0.497 e. The molecule has 2 aromatic rings. The van der Waals surface area contributed by atoms with Crippen molar-refractivity contribution in [2.75, 3.05) is 38.8 Å². The molecular formula is C15H18N2O4. The predicted octanol–water partition coefficient (Wildman–Crippen LogP) is 1.78. The smallest absolute Gasteiger partial charge is 0.323 e. The number of pyridine rings is 1. The van der Waals surface area contributed by atoms with E-state index < -0.39 is 5.97 Å². The summed E-state index contributed by atoms with van der Waals surface area (Å²) in [5.74, 6) is 0.414. The minimum absolute atomic E-state index is 0.132. The van der Waals surface area contributed by atoms with Gasteiger partial charge in [-0.2, -0.15) is 0 Å². The molecule has 6 nitrogen and oxygen atoms in total. The molecule has 0 saturated carbocycles. The van der Waals surface area contributed by atoms with Gasteiger partial charge < -0.3 is 19.5 Å². The minimum atomic E-state index is -0.909. The van der Waals surface area contributed by atoms with Crippen molar-refractivity contribution in [2.45, 2.75) is 0 Å². The highest BCUT2D eigenvalue weighted by molar-refractivity contribution is 5.94. The molecule has 6 heteroatoms. The van der Waals surface area contributed by atoms with Gasteiger partial charge in [-0.1, -0.05) is 6.07 Å². The van der Waals surface area contributed by atoms with Gasteiger partial charge in [0.05, 0.1) is 13.7 Å². The van der Waals surface area contributed by atoms with Gasteiger partial charge in [0.25, 0.3) is 0 Å². The Labute approximate surface area is 122 Å². The second kappa shape index (κ2) is 6.90. The van der Waals surface area contributed by atoms with Gasteiger partial charge in [-0.15, -0.1) is 0 Å². The van der Waals surface area contributed by atoms with Gasteiger partial charge in [0, 0.05) is 25.2 Å². The third-order valence-corrected chi connectivity index (χ3v) is 3.14. The molecule has 0 bridgehead atoms. The van der Waals surface area contributed by atoms with Crippen molar-refractivity contribution in [1.29, 1.82) is 0 Å². The molecule has 1 heterocycles. The SMILES string of the molecule is COCCN(CC(=O)O)c1nccc2ccc(OC)cc12. The van der Waals surface area contributed by atoms with Crippen LogP contribution in [0.3, 0.4) is 0 Å². The number of carboxylic acid groups (broad SMARTS) is 1. The first-order valence-electron chi connectivity index (χ1n) is 6.54. The fraction of sp³-hybridized carbons (Fsp3) is 0.333. The van der Waals surface area contributed by atoms with Crippen molar-refractivity contribution in [2.24, 2.45) is 0 Å². The van der Waals surface area contributed by atoms with Crippen LogP contribution in [-0.2, 0) is 9.53 Å². The normalized spacial score (nSPS) is 10.6. The summed E-state index contributed by atoms with van der Waals surface area (Å²) in [4.78, 5) is 17.1. The first-order chi connectivity index (χ1) is 10.2. The molecule has 1 N–H and O–H groups in total. The second-order valence-corrected chi connectivity index (χ2v) is 4.53. The Bertz CT molecular complexity index is 630. The van der Waals surface area contributed by atoms with Gasteiger partial charge in [0.1, 0.15) is 18.1 Å². The molecule has 2 rings (SSSR count). The van der Waals surface area contributed by atoms with Crippen LogP contribution in [-0.4, -0.2) is 50.0 Å². The first kappa shape index (κ1) is 15.1. The zero-order valence-corrected chi connectivity index (χ0v) is 12.1. The van der Waals surface area contributed by atoms with Crippen LogP contribution in [0.5, 0.6) is 5.75 Å². The lowest BCUT2D eigenvalue weighted by Gasteiger charge is -2.23. The molecule has 0 saturated heterocycles. The standard InChI is InChI=1S/C15H18N2O4/c1-20-8-7-17(10-14(18)19)15-13-9-12(21-2)4-3-11(13)5-6-16-15/h3-6,9H,7-8,10H2,1-2H3,(H,18,19). The molecule has 0 atom stereocenters. The molecule has 0 spiro atoms. The van der Waals surface area contributed by atoms with E-state index in [2.05, 4.69) is 4.98 Å². The Balaban J connectivity index is 2.46. The Kier molecular flexibility index (Phi) is 4.94. The summed E-state index contributed by atoms with van der Waals surface area (Å²) in [5.41, 5.74) is 0. The highest BCUT2D eigenvalue weighted by Gasteiger charge is 2.15. The van der Waals surface area contributed by atoms with E-state index in [0.717, 1.165) is 10.8 Å². The van der Waals surface area contributed by atoms with Crippen molar-refractivity contribution in [3.8, 4) is 5.75 Å². The molecular weight excluding hydrogens is 272 g/mol. The fourth-order valence-corrected chi connectivity index (χ4v) is 2.14. The van der Waals surface area contributed by atoms with Gasteiger partial charge in [0.2, 0.25) is 0 Å². The van der Waals surface area contributed by atoms with Gasteiger partial charge >= 0.3 is 5.97 Å². The lowest BCUT2D eigenvalue weighted by Crippen LogP contribution is -2.33. The van der Waals surface area contributed by atoms with E-state index in [0.29, 0.717) is 24.7 Å². The van der Waals surface area contributed by atoms with E-state index >= 15 is 0 Å². The molecule has 0 fully saturated rings. The summed E-state index contributed by atoms with van der Waals surface area (Å²) in [6.07, 6.45) is 1.67. The van der Waals surface area contributed by atoms with Crippen LogP contribution in [0.25, 0.3) is 10.8 Å². The summed E-state index contributed by atoms with van der Waals surface area (Å²) in [6, 6.07) is 7.53. The largest absolute Gasteiger partial charge is 0.497 e. The third kappa shape index (κ3) is 3.61. The number of hydrogen-bond acceptors (Lipinski definition) is 5. The first-order valence-corrected chi connectivity index (χ1v) is 6.54. The van der Waals surface area contributed by atoms with Crippen molar-refractivity contribution in [1.82, 2.24) is 4.98 Å². The zero-order chi connectivity index (χ0) is 15.2. The number of nitrogens with zero attached hydrogens (tertiary/aromatic N) is 2.